The zero-order valence-corrected chi connectivity index (χ0v) is 14.1. The van der Waals surface area contributed by atoms with Crippen molar-refractivity contribution in [1.29, 1.82) is 0 Å². The van der Waals surface area contributed by atoms with E-state index in [2.05, 4.69) is 12.2 Å². The Hall–Kier alpha value is -0.130. The lowest BCUT2D eigenvalue weighted by atomic mass is 10.1. The first-order valence-corrected chi connectivity index (χ1v) is 9.65. The second-order valence-electron chi connectivity index (χ2n) is 5.71. The van der Waals surface area contributed by atoms with E-state index >= 15 is 0 Å². The van der Waals surface area contributed by atoms with E-state index < -0.39 is 15.4 Å². The van der Waals surface area contributed by atoms with Crippen LogP contribution in [-0.4, -0.2) is 31.3 Å². The molecule has 5 heteroatoms. The van der Waals surface area contributed by atoms with Gasteiger partial charge < -0.3 is 5.32 Å². The van der Waals surface area contributed by atoms with Crippen LogP contribution in [0.2, 0.25) is 0 Å². The monoisotopic (exact) mass is 307 g/mol. The van der Waals surface area contributed by atoms with Crippen LogP contribution in [-0.2, 0) is 10.1 Å². The molecule has 0 aromatic rings. The SMILES string of the molecule is CCCCCCCCCCCCNCC(C)S(=O)(=O)O. The third-order valence-corrected chi connectivity index (χ3v) is 4.83. The predicted molar refractivity (Wildman–Crippen MR) is 85.7 cm³/mol. The van der Waals surface area contributed by atoms with Gasteiger partial charge in [-0.05, 0) is 19.9 Å². The van der Waals surface area contributed by atoms with Crippen LogP contribution in [0.25, 0.3) is 0 Å². The smallest absolute Gasteiger partial charge is 0.268 e. The van der Waals surface area contributed by atoms with E-state index in [1.807, 2.05) is 0 Å². The molecular formula is C15H33NO3S. The Labute approximate surface area is 125 Å². The van der Waals surface area contributed by atoms with Gasteiger partial charge in [0.2, 0.25) is 0 Å². The summed E-state index contributed by atoms with van der Waals surface area (Å²) in [5.41, 5.74) is 0. The maximum absolute atomic E-state index is 10.8. The minimum absolute atomic E-state index is 0.330. The first-order chi connectivity index (χ1) is 9.48. The van der Waals surface area contributed by atoms with Gasteiger partial charge in [0.1, 0.15) is 0 Å². The van der Waals surface area contributed by atoms with E-state index in [0.29, 0.717) is 6.54 Å². The van der Waals surface area contributed by atoms with Gasteiger partial charge in [0, 0.05) is 6.54 Å². The van der Waals surface area contributed by atoms with Crippen LogP contribution >= 0.6 is 0 Å². The molecule has 0 saturated carbocycles. The molecule has 0 saturated heterocycles. The second kappa shape index (κ2) is 12.6. The molecule has 0 heterocycles. The summed E-state index contributed by atoms with van der Waals surface area (Å²) in [6.45, 7) is 4.91. The van der Waals surface area contributed by atoms with Gasteiger partial charge in [-0.15, -0.1) is 0 Å². The molecule has 0 spiro atoms. The topological polar surface area (TPSA) is 66.4 Å². The molecule has 0 aliphatic rings. The fourth-order valence-electron chi connectivity index (χ4n) is 2.15. The lowest BCUT2D eigenvalue weighted by Crippen LogP contribution is -2.31. The lowest BCUT2D eigenvalue weighted by Gasteiger charge is -2.09. The Balaban J connectivity index is 3.18. The van der Waals surface area contributed by atoms with Crippen molar-refractivity contribution in [2.24, 2.45) is 0 Å². The van der Waals surface area contributed by atoms with Crippen LogP contribution in [0.1, 0.15) is 78.1 Å². The normalized spacial score (nSPS) is 13.6. The van der Waals surface area contributed by atoms with Gasteiger partial charge in [-0.25, -0.2) is 0 Å². The Bertz CT molecular complexity index is 304. The summed E-state index contributed by atoms with van der Waals surface area (Å²) in [6.07, 6.45) is 13.0. The fourth-order valence-corrected chi connectivity index (χ4v) is 2.48. The second-order valence-corrected chi connectivity index (χ2v) is 7.55. The van der Waals surface area contributed by atoms with Crippen molar-refractivity contribution in [3.63, 3.8) is 0 Å². The van der Waals surface area contributed by atoms with Crippen LogP contribution in [0.4, 0.5) is 0 Å². The molecule has 122 valence electrons. The van der Waals surface area contributed by atoms with Gasteiger partial charge in [-0.1, -0.05) is 64.7 Å². The van der Waals surface area contributed by atoms with E-state index in [9.17, 15) is 8.42 Å². The van der Waals surface area contributed by atoms with Crippen molar-refractivity contribution in [3.8, 4) is 0 Å². The number of nitrogens with one attached hydrogen (secondary N) is 1. The molecule has 0 fully saturated rings. The molecule has 0 bridgehead atoms. The minimum Gasteiger partial charge on any atom is -0.315 e. The molecule has 1 atom stereocenters. The van der Waals surface area contributed by atoms with Crippen molar-refractivity contribution >= 4 is 10.1 Å². The summed E-state index contributed by atoms with van der Waals surface area (Å²) in [5.74, 6) is 0. The summed E-state index contributed by atoms with van der Waals surface area (Å²) in [5, 5.41) is 2.36. The molecular weight excluding hydrogens is 274 g/mol. The minimum atomic E-state index is -3.88. The van der Waals surface area contributed by atoms with Crippen molar-refractivity contribution in [1.82, 2.24) is 5.32 Å². The molecule has 20 heavy (non-hydrogen) atoms. The molecule has 0 aromatic heterocycles. The number of unbranched alkanes of at least 4 members (excludes halogenated alkanes) is 9. The molecule has 0 rings (SSSR count). The van der Waals surface area contributed by atoms with Crippen molar-refractivity contribution in [2.45, 2.75) is 83.3 Å². The molecule has 4 nitrogen and oxygen atoms in total. The van der Waals surface area contributed by atoms with E-state index in [-0.39, 0.29) is 0 Å². The average Bonchev–Trinajstić information content (AvgIpc) is 2.38. The molecule has 0 amide bonds. The molecule has 0 aliphatic heterocycles. The fraction of sp³-hybridized carbons (Fsp3) is 1.00. The lowest BCUT2D eigenvalue weighted by molar-refractivity contribution is 0.464. The summed E-state index contributed by atoms with van der Waals surface area (Å²) < 4.78 is 30.4. The molecule has 1 unspecified atom stereocenters. The highest BCUT2D eigenvalue weighted by molar-refractivity contribution is 7.86. The van der Waals surface area contributed by atoms with Gasteiger partial charge in [-0.3, -0.25) is 4.55 Å². The van der Waals surface area contributed by atoms with Gasteiger partial charge in [0.15, 0.2) is 0 Å². The maximum atomic E-state index is 10.8. The molecule has 0 radical (unpaired) electrons. The van der Waals surface area contributed by atoms with Gasteiger partial charge in [0.25, 0.3) is 10.1 Å². The van der Waals surface area contributed by atoms with E-state index in [1.54, 1.807) is 0 Å². The molecule has 0 aromatic carbocycles. The quantitative estimate of drug-likeness (QED) is 0.379. The summed E-state index contributed by atoms with van der Waals surface area (Å²) >= 11 is 0. The van der Waals surface area contributed by atoms with Crippen molar-refractivity contribution in [3.05, 3.63) is 0 Å². The average molecular weight is 308 g/mol. The first-order valence-electron chi connectivity index (χ1n) is 8.15. The Morgan fingerprint density at radius 2 is 1.35 bits per heavy atom. The van der Waals surface area contributed by atoms with Gasteiger partial charge >= 0.3 is 0 Å². The van der Waals surface area contributed by atoms with Crippen LogP contribution in [0.15, 0.2) is 0 Å². The maximum Gasteiger partial charge on any atom is 0.268 e. The summed E-state index contributed by atoms with van der Waals surface area (Å²) in [4.78, 5) is 0. The highest BCUT2D eigenvalue weighted by Gasteiger charge is 2.15. The Kier molecular flexibility index (Phi) is 12.5. The number of rotatable bonds is 14. The van der Waals surface area contributed by atoms with Crippen molar-refractivity contribution < 1.29 is 13.0 Å². The van der Waals surface area contributed by atoms with Crippen LogP contribution in [0, 0.1) is 0 Å². The zero-order chi connectivity index (χ0) is 15.3. The van der Waals surface area contributed by atoms with Gasteiger partial charge in [0.05, 0.1) is 5.25 Å². The van der Waals surface area contributed by atoms with E-state index in [0.717, 1.165) is 13.0 Å². The van der Waals surface area contributed by atoms with Crippen LogP contribution < -0.4 is 5.32 Å². The highest BCUT2D eigenvalue weighted by atomic mass is 32.2. The predicted octanol–water partition coefficient (Wildman–Crippen LogP) is 3.77. The van der Waals surface area contributed by atoms with Crippen molar-refractivity contribution in [2.75, 3.05) is 13.1 Å². The summed E-state index contributed by atoms with van der Waals surface area (Å²) in [7, 11) is -3.88. The van der Waals surface area contributed by atoms with E-state index in [4.69, 9.17) is 4.55 Å². The molecule has 2 N–H and O–H groups in total. The number of hydrogen-bond donors (Lipinski definition) is 2. The zero-order valence-electron chi connectivity index (χ0n) is 13.2. The highest BCUT2D eigenvalue weighted by Crippen LogP contribution is 2.10. The Morgan fingerprint density at radius 3 is 1.80 bits per heavy atom. The van der Waals surface area contributed by atoms with Gasteiger partial charge in [-0.2, -0.15) is 8.42 Å². The third kappa shape index (κ3) is 12.9. The first kappa shape index (κ1) is 19.9. The Morgan fingerprint density at radius 1 is 0.900 bits per heavy atom. The standard InChI is InChI=1S/C15H33NO3S/c1-3-4-5-6-7-8-9-10-11-12-13-16-14-15(2)20(17,18)19/h15-16H,3-14H2,1-2H3,(H,17,18,19). The summed E-state index contributed by atoms with van der Waals surface area (Å²) in [6, 6.07) is 0. The third-order valence-electron chi connectivity index (χ3n) is 3.65. The largest absolute Gasteiger partial charge is 0.315 e. The van der Waals surface area contributed by atoms with E-state index in [1.165, 1.54) is 64.7 Å². The molecule has 0 aliphatic carbocycles. The van der Waals surface area contributed by atoms with Crippen LogP contribution in [0.3, 0.4) is 0 Å². The van der Waals surface area contributed by atoms with Crippen LogP contribution in [0.5, 0.6) is 0 Å². The number of hydrogen-bond acceptors (Lipinski definition) is 3.